The van der Waals surface area contributed by atoms with Crippen LogP contribution in [0.5, 0.6) is 23.0 Å². The van der Waals surface area contributed by atoms with Crippen LogP contribution in [0.15, 0.2) is 43.3 Å². The van der Waals surface area contributed by atoms with E-state index in [2.05, 4.69) is 6.92 Å². The molecule has 0 unspecified atom stereocenters. The topological polar surface area (TPSA) is 97.3 Å². The molecule has 214 valence electrons. The average Bonchev–Trinajstić information content (AvgIpc) is 3.61. The number of furan rings is 2. The van der Waals surface area contributed by atoms with Crippen molar-refractivity contribution < 1.29 is 37.4 Å². The molecule has 0 spiro atoms. The third kappa shape index (κ3) is 5.39. The highest BCUT2D eigenvalue weighted by Gasteiger charge is 2.32. The van der Waals surface area contributed by atoms with Crippen LogP contribution in [0, 0.1) is 0 Å². The van der Waals surface area contributed by atoms with E-state index in [0.29, 0.717) is 65.9 Å². The third-order valence-corrected chi connectivity index (χ3v) is 9.44. The highest BCUT2D eigenvalue weighted by molar-refractivity contribution is 8.17. The first-order valence-electron chi connectivity index (χ1n) is 13.0. The second-order valence-corrected chi connectivity index (χ2v) is 11.9. The predicted octanol–water partition coefficient (Wildman–Crippen LogP) is 8.41. The minimum absolute atomic E-state index is 0.153. The first kappa shape index (κ1) is 29.7. The van der Waals surface area contributed by atoms with Crippen molar-refractivity contribution in [2.75, 3.05) is 28.4 Å². The average molecular weight is 587 g/mol. The van der Waals surface area contributed by atoms with Crippen molar-refractivity contribution in [1.29, 1.82) is 0 Å². The lowest BCUT2D eigenvalue weighted by Gasteiger charge is -2.23. The Hall–Kier alpha value is -3.24. The summed E-state index contributed by atoms with van der Waals surface area (Å²) in [7, 11) is 6.20. The van der Waals surface area contributed by atoms with Crippen molar-refractivity contribution in [2.45, 2.75) is 60.8 Å². The van der Waals surface area contributed by atoms with Gasteiger partial charge in [0.25, 0.3) is 0 Å². The van der Waals surface area contributed by atoms with Crippen LogP contribution in [0.2, 0.25) is 0 Å². The molecule has 8 nitrogen and oxygen atoms in total. The summed E-state index contributed by atoms with van der Waals surface area (Å²) in [6.45, 7) is 5.17. The van der Waals surface area contributed by atoms with E-state index >= 15 is 0 Å². The SMILES string of the molecule is CCCCCC(Sc1c(C(C)=O)c(OC)c2ccoc2c1OC)Sc1c(C(C)=O)c(OC)c2ccoc2c1OC. The van der Waals surface area contributed by atoms with Gasteiger partial charge in [-0.15, -0.1) is 23.5 Å². The van der Waals surface area contributed by atoms with Crippen LogP contribution >= 0.6 is 23.5 Å². The van der Waals surface area contributed by atoms with Crippen molar-refractivity contribution in [1.82, 2.24) is 0 Å². The lowest BCUT2D eigenvalue weighted by Crippen LogP contribution is -2.08. The molecular weight excluding hydrogens is 552 g/mol. The lowest BCUT2D eigenvalue weighted by atomic mass is 10.1. The molecule has 2 heterocycles. The highest BCUT2D eigenvalue weighted by Crippen LogP contribution is 2.54. The number of ketones is 2. The number of thioether (sulfide) groups is 2. The van der Waals surface area contributed by atoms with Gasteiger partial charge in [-0.05, 0) is 32.4 Å². The van der Waals surface area contributed by atoms with E-state index in [1.165, 1.54) is 51.6 Å². The Kier molecular flexibility index (Phi) is 9.63. The third-order valence-electron chi connectivity index (χ3n) is 6.62. The van der Waals surface area contributed by atoms with Gasteiger partial charge >= 0.3 is 0 Å². The number of rotatable bonds is 14. The van der Waals surface area contributed by atoms with Crippen LogP contribution in [-0.2, 0) is 0 Å². The Morgan fingerprint density at radius 3 is 1.50 bits per heavy atom. The summed E-state index contributed by atoms with van der Waals surface area (Å²) >= 11 is 2.97. The summed E-state index contributed by atoms with van der Waals surface area (Å²) in [6, 6.07) is 3.53. The number of benzene rings is 2. The molecule has 4 rings (SSSR count). The molecule has 40 heavy (non-hydrogen) atoms. The van der Waals surface area contributed by atoms with E-state index in [1.54, 1.807) is 38.9 Å². The second-order valence-electron chi connectivity index (χ2n) is 9.14. The van der Waals surface area contributed by atoms with Gasteiger partial charge in [-0.25, -0.2) is 0 Å². The predicted molar refractivity (Wildman–Crippen MR) is 158 cm³/mol. The Morgan fingerprint density at radius 1 is 0.725 bits per heavy atom. The molecule has 0 aliphatic carbocycles. The smallest absolute Gasteiger partial charge is 0.180 e. The Labute approximate surface area is 242 Å². The zero-order chi connectivity index (χ0) is 29.0. The number of ether oxygens (including phenoxy) is 4. The van der Waals surface area contributed by atoms with Gasteiger partial charge in [0.2, 0.25) is 0 Å². The minimum Gasteiger partial charge on any atom is -0.495 e. The summed E-state index contributed by atoms with van der Waals surface area (Å²) in [6.07, 6.45) is 6.90. The van der Waals surface area contributed by atoms with E-state index in [9.17, 15) is 9.59 Å². The molecular formula is C30H34O8S2. The molecule has 0 saturated heterocycles. The molecule has 10 heteroatoms. The first-order valence-corrected chi connectivity index (χ1v) is 14.7. The summed E-state index contributed by atoms with van der Waals surface area (Å²) in [5.41, 5.74) is 1.86. The molecule has 0 aliphatic rings. The molecule has 0 N–H and O–H groups in total. The molecule has 0 aliphatic heterocycles. The Bertz CT molecular complexity index is 1420. The molecule has 4 aromatic rings. The monoisotopic (exact) mass is 586 g/mol. The van der Waals surface area contributed by atoms with Gasteiger partial charge < -0.3 is 27.8 Å². The zero-order valence-electron chi connectivity index (χ0n) is 23.8. The highest BCUT2D eigenvalue weighted by atomic mass is 32.2. The maximum atomic E-state index is 13.0. The zero-order valence-corrected chi connectivity index (χ0v) is 25.4. The van der Waals surface area contributed by atoms with Crippen LogP contribution < -0.4 is 18.9 Å². The first-order chi connectivity index (χ1) is 19.3. The number of carbonyl (C=O) groups is 2. The number of fused-ring (bicyclic) bond motifs is 2. The molecule has 0 atom stereocenters. The van der Waals surface area contributed by atoms with E-state index in [-0.39, 0.29) is 16.1 Å². The fourth-order valence-corrected chi connectivity index (χ4v) is 8.00. The van der Waals surface area contributed by atoms with Crippen molar-refractivity contribution >= 4 is 57.0 Å². The number of unbranched alkanes of at least 4 members (excludes halogenated alkanes) is 2. The molecule has 0 saturated carbocycles. The van der Waals surface area contributed by atoms with E-state index in [0.717, 1.165) is 25.7 Å². The van der Waals surface area contributed by atoms with E-state index < -0.39 is 0 Å². The Morgan fingerprint density at radius 2 is 1.15 bits per heavy atom. The van der Waals surface area contributed by atoms with Crippen LogP contribution in [0.3, 0.4) is 0 Å². The molecule has 0 fully saturated rings. The van der Waals surface area contributed by atoms with Gasteiger partial charge in [0.1, 0.15) is 11.5 Å². The number of hydrogen-bond acceptors (Lipinski definition) is 10. The molecule has 0 amide bonds. The van der Waals surface area contributed by atoms with Crippen LogP contribution in [0.4, 0.5) is 0 Å². The normalized spacial score (nSPS) is 11.4. The quantitative estimate of drug-likeness (QED) is 0.0620. The van der Waals surface area contributed by atoms with Crippen molar-refractivity contribution in [2.24, 2.45) is 0 Å². The van der Waals surface area contributed by atoms with E-state index in [1.807, 2.05) is 0 Å². The number of Topliss-reactive ketones (excluding diaryl/α,β-unsaturated/α-hetero) is 2. The number of carbonyl (C=O) groups excluding carboxylic acids is 2. The minimum atomic E-state index is -0.154. The van der Waals surface area contributed by atoms with Gasteiger partial charge in [-0.2, -0.15) is 0 Å². The summed E-state index contributed by atoms with van der Waals surface area (Å²) in [5, 5.41) is 1.33. The van der Waals surface area contributed by atoms with Gasteiger partial charge in [0.15, 0.2) is 34.2 Å². The maximum absolute atomic E-state index is 13.0. The number of hydrogen-bond donors (Lipinski definition) is 0. The molecule has 2 aromatic heterocycles. The molecule has 0 bridgehead atoms. The van der Waals surface area contributed by atoms with Gasteiger partial charge in [-0.1, -0.05) is 26.2 Å². The van der Waals surface area contributed by atoms with Crippen molar-refractivity contribution in [3.8, 4) is 23.0 Å². The summed E-state index contributed by atoms with van der Waals surface area (Å²) < 4.78 is 34.5. The standard InChI is InChI=1S/C30H34O8S2/c1-8-9-10-11-20(39-29-21(16(2)31)23(33-4)18-12-14-37-25(18)27(29)35-6)40-30-22(17(3)32)24(34-5)19-13-15-38-26(19)28(30)36-7/h12-15,20H,8-11H2,1-7H3. The van der Waals surface area contributed by atoms with Crippen LogP contribution in [0.25, 0.3) is 21.9 Å². The molecule has 0 radical (unpaired) electrons. The maximum Gasteiger partial charge on any atom is 0.180 e. The fourth-order valence-electron chi connectivity index (χ4n) is 4.86. The summed E-state index contributed by atoms with van der Waals surface area (Å²) in [5.74, 6) is 1.51. The van der Waals surface area contributed by atoms with Crippen LogP contribution in [0.1, 0.15) is 67.2 Å². The largest absolute Gasteiger partial charge is 0.495 e. The second kappa shape index (κ2) is 13.0. The van der Waals surface area contributed by atoms with Crippen molar-refractivity contribution in [3.63, 3.8) is 0 Å². The Balaban J connectivity index is 1.92. The molecule has 2 aromatic carbocycles. The van der Waals surface area contributed by atoms with Gasteiger partial charge in [0.05, 0.1) is 77.2 Å². The summed E-state index contributed by atoms with van der Waals surface area (Å²) in [4.78, 5) is 27.3. The number of methoxy groups -OCH3 is 4. The van der Waals surface area contributed by atoms with Crippen molar-refractivity contribution in [3.05, 3.63) is 35.8 Å². The fraction of sp³-hybridized carbons (Fsp3) is 0.400. The lowest BCUT2D eigenvalue weighted by molar-refractivity contribution is 0.0998. The van der Waals surface area contributed by atoms with Crippen LogP contribution in [-0.4, -0.2) is 44.6 Å². The van der Waals surface area contributed by atoms with E-state index in [4.69, 9.17) is 27.8 Å². The van der Waals surface area contributed by atoms with Gasteiger partial charge in [0, 0.05) is 0 Å². The van der Waals surface area contributed by atoms with Gasteiger partial charge in [-0.3, -0.25) is 9.59 Å².